The highest BCUT2D eigenvalue weighted by molar-refractivity contribution is 7.11. The van der Waals surface area contributed by atoms with Crippen LogP contribution >= 0.6 is 11.3 Å². The standard InChI is InChI=1S/C25H28F2N6O3S/c1-14-5-3-4-8-33(14)22(34)10-19(32-25(36)21-12-28-13-37-21)24(35)30-15(2)23-29-11-20(31-23)17-7-6-16(26)9-18(17)27/h6-7,9,11-15,19H,3-5,8,10H2,1-2H3,(H,29,31)(H,30,35)(H,32,36)/t14-,15?,19?/m0/s1. The molecule has 0 radical (unpaired) electrons. The van der Waals surface area contributed by atoms with Crippen LogP contribution in [0.2, 0.25) is 0 Å². The van der Waals surface area contributed by atoms with Crippen molar-refractivity contribution in [3.8, 4) is 11.3 Å². The molecule has 12 heteroatoms. The van der Waals surface area contributed by atoms with E-state index in [9.17, 15) is 23.2 Å². The van der Waals surface area contributed by atoms with Gasteiger partial charge in [-0.05, 0) is 45.2 Å². The van der Waals surface area contributed by atoms with Crippen LogP contribution < -0.4 is 10.6 Å². The molecule has 1 saturated heterocycles. The summed E-state index contributed by atoms with van der Waals surface area (Å²) in [5, 5.41) is 5.43. The van der Waals surface area contributed by atoms with Gasteiger partial charge < -0.3 is 20.5 Å². The molecule has 4 rings (SSSR count). The lowest BCUT2D eigenvalue weighted by molar-refractivity contribution is -0.137. The van der Waals surface area contributed by atoms with Crippen molar-refractivity contribution in [3.63, 3.8) is 0 Å². The van der Waals surface area contributed by atoms with Gasteiger partial charge in [0.25, 0.3) is 5.91 Å². The summed E-state index contributed by atoms with van der Waals surface area (Å²) in [6, 6.07) is 1.50. The van der Waals surface area contributed by atoms with Crippen molar-refractivity contribution in [2.75, 3.05) is 6.54 Å². The molecule has 196 valence electrons. The highest BCUT2D eigenvalue weighted by Gasteiger charge is 2.31. The summed E-state index contributed by atoms with van der Waals surface area (Å²) in [6.07, 6.45) is 5.41. The Hall–Kier alpha value is -3.67. The van der Waals surface area contributed by atoms with Crippen molar-refractivity contribution in [3.05, 3.63) is 58.4 Å². The molecule has 0 spiro atoms. The summed E-state index contributed by atoms with van der Waals surface area (Å²) in [5.41, 5.74) is 1.96. The van der Waals surface area contributed by atoms with Crippen molar-refractivity contribution in [1.82, 2.24) is 30.5 Å². The molecule has 3 atom stereocenters. The fourth-order valence-electron chi connectivity index (χ4n) is 4.31. The number of piperidine rings is 1. The number of hydrogen-bond donors (Lipinski definition) is 3. The third kappa shape index (κ3) is 6.37. The van der Waals surface area contributed by atoms with E-state index in [-0.39, 0.29) is 23.9 Å². The minimum Gasteiger partial charge on any atom is -0.345 e. The van der Waals surface area contributed by atoms with Crippen molar-refractivity contribution >= 4 is 29.1 Å². The Labute approximate surface area is 216 Å². The van der Waals surface area contributed by atoms with Crippen LogP contribution in [-0.4, -0.2) is 56.2 Å². The van der Waals surface area contributed by atoms with E-state index in [1.165, 1.54) is 24.0 Å². The maximum Gasteiger partial charge on any atom is 0.263 e. The number of nitrogens with one attached hydrogen (secondary N) is 3. The third-order valence-corrected chi connectivity index (χ3v) is 7.14. The number of hydrogen-bond acceptors (Lipinski definition) is 6. The van der Waals surface area contributed by atoms with E-state index >= 15 is 0 Å². The number of aromatic nitrogens is 3. The second-order valence-corrected chi connectivity index (χ2v) is 9.95. The number of amides is 3. The zero-order valence-electron chi connectivity index (χ0n) is 20.5. The van der Waals surface area contributed by atoms with Crippen LogP contribution in [0.5, 0.6) is 0 Å². The molecule has 3 heterocycles. The van der Waals surface area contributed by atoms with E-state index in [0.717, 1.165) is 42.7 Å². The van der Waals surface area contributed by atoms with Crippen molar-refractivity contribution in [1.29, 1.82) is 0 Å². The molecule has 9 nitrogen and oxygen atoms in total. The van der Waals surface area contributed by atoms with Gasteiger partial charge in [-0.2, -0.15) is 0 Å². The molecule has 3 aromatic rings. The van der Waals surface area contributed by atoms with E-state index in [0.29, 0.717) is 22.9 Å². The molecule has 1 aromatic carbocycles. The average Bonchev–Trinajstić information content (AvgIpc) is 3.57. The summed E-state index contributed by atoms with van der Waals surface area (Å²) >= 11 is 1.13. The van der Waals surface area contributed by atoms with Crippen LogP contribution in [0.3, 0.4) is 0 Å². The summed E-state index contributed by atoms with van der Waals surface area (Å²) in [5.74, 6) is -2.38. The van der Waals surface area contributed by atoms with Crippen LogP contribution in [0.1, 0.15) is 61.1 Å². The minimum atomic E-state index is -1.12. The van der Waals surface area contributed by atoms with Gasteiger partial charge in [-0.15, -0.1) is 11.3 Å². The van der Waals surface area contributed by atoms with E-state index in [1.54, 1.807) is 11.8 Å². The molecular formula is C25H28F2N6O3S. The first kappa shape index (κ1) is 26.4. The summed E-state index contributed by atoms with van der Waals surface area (Å²) in [7, 11) is 0. The third-order valence-electron chi connectivity index (χ3n) is 6.37. The molecule has 1 aliphatic rings. The van der Waals surface area contributed by atoms with Crippen molar-refractivity contribution in [2.24, 2.45) is 0 Å². The van der Waals surface area contributed by atoms with Gasteiger partial charge in [0.15, 0.2) is 0 Å². The fourth-order valence-corrected chi connectivity index (χ4v) is 4.83. The van der Waals surface area contributed by atoms with Gasteiger partial charge in [-0.1, -0.05) is 0 Å². The predicted molar refractivity (Wildman–Crippen MR) is 134 cm³/mol. The van der Waals surface area contributed by atoms with Crippen LogP contribution in [0.25, 0.3) is 11.3 Å². The number of benzene rings is 1. The van der Waals surface area contributed by atoms with Gasteiger partial charge in [0.2, 0.25) is 11.8 Å². The quantitative estimate of drug-likeness (QED) is 0.411. The van der Waals surface area contributed by atoms with Gasteiger partial charge in [-0.25, -0.2) is 13.8 Å². The highest BCUT2D eigenvalue weighted by atomic mass is 32.1. The molecule has 1 fully saturated rings. The Morgan fingerprint density at radius 1 is 1.22 bits per heavy atom. The van der Waals surface area contributed by atoms with E-state index in [4.69, 9.17) is 0 Å². The monoisotopic (exact) mass is 530 g/mol. The lowest BCUT2D eigenvalue weighted by atomic mass is 10.0. The lowest BCUT2D eigenvalue weighted by Crippen LogP contribution is -2.51. The van der Waals surface area contributed by atoms with E-state index in [2.05, 4.69) is 25.6 Å². The number of H-pyrrole nitrogens is 1. The molecule has 37 heavy (non-hydrogen) atoms. The minimum absolute atomic E-state index is 0.0643. The van der Waals surface area contributed by atoms with Gasteiger partial charge in [0.05, 0.1) is 36.1 Å². The molecule has 3 amide bonds. The van der Waals surface area contributed by atoms with Crippen LogP contribution in [0, 0.1) is 11.6 Å². The zero-order valence-corrected chi connectivity index (χ0v) is 21.3. The Morgan fingerprint density at radius 3 is 2.73 bits per heavy atom. The Balaban J connectivity index is 1.47. The zero-order chi connectivity index (χ0) is 26.5. The smallest absolute Gasteiger partial charge is 0.263 e. The largest absolute Gasteiger partial charge is 0.345 e. The van der Waals surface area contributed by atoms with E-state index < -0.39 is 35.5 Å². The normalized spacial score (nSPS) is 17.2. The molecule has 0 bridgehead atoms. The first-order valence-corrected chi connectivity index (χ1v) is 12.9. The Morgan fingerprint density at radius 2 is 2.03 bits per heavy atom. The van der Waals surface area contributed by atoms with Crippen LogP contribution in [0.4, 0.5) is 8.78 Å². The molecule has 3 N–H and O–H groups in total. The number of likely N-dealkylation sites (tertiary alicyclic amines) is 1. The Kier molecular flexibility index (Phi) is 8.27. The Bertz CT molecular complexity index is 1270. The van der Waals surface area contributed by atoms with Crippen LogP contribution in [-0.2, 0) is 9.59 Å². The predicted octanol–water partition coefficient (Wildman–Crippen LogP) is 3.58. The van der Waals surface area contributed by atoms with Crippen molar-refractivity contribution < 1.29 is 23.2 Å². The average molecular weight is 531 g/mol. The van der Waals surface area contributed by atoms with Gasteiger partial charge in [-0.3, -0.25) is 19.4 Å². The number of nitrogens with zero attached hydrogens (tertiary/aromatic N) is 3. The van der Waals surface area contributed by atoms with Crippen LogP contribution in [0.15, 0.2) is 36.1 Å². The fraction of sp³-hybridized carbons (Fsp3) is 0.400. The lowest BCUT2D eigenvalue weighted by Gasteiger charge is -2.34. The molecule has 2 aromatic heterocycles. The second-order valence-electron chi connectivity index (χ2n) is 9.06. The topological polar surface area (TPSA) is 120 Å². The number of carbonyl (C=O) groups is 3. The number of imidazole rings is 1. The number of aromatic amines is 1. The molecule has 2 unspecified atom stereocenters. The molecular weight excluding hydrogens is 502 g/mol. The van der Waals surface area contributed by atoms with Gasteiger partial charge in [0, 0.05) is 24.2 Å². The maximum absolute atomic E-state index is 14.2. The molecule has 0 aliphatic carbocycles. The summed E-state index contributed by atoms with van der Waals surface area (Å²) in [6.45, 7) is 4.25. The molecule has 1 aliphatic heterocycles. The SMILES string of the molecule is CC(NC(=O)C(CC(=O)N1CCCC[C@@H]1C)NC(=O)c1cncs1)c1ncc(-c2ccc(F)cc2F)[nH]1. The molecule has 0 saturated carbocycles. The number of thiazole rings is 1. The number of rotatable bonds is 8. The highest BCUT2D eigenvalue weighted by Crippen LogP contribution is 2.23. The summed E-state index contributed by atoms with van der Waals surface area (Å²) in [4.78, 5) is 52.1. The van der Waals surface area contributed by atoms with Gasteiger partial charge >= 0.3 is 0 Å². The van der Waals surface area contributed by atoms with Crippen molar-refractivity contribution in [2.45, 2.75) is 57.7 Å². The van der Waals surface area contributed by atoms with Gasteiger partial charge in [0.1, 0.15) is 28.4 Å². The maximum atomic E-state index is 14.2. The first-order valence-electron chi connectivity index (χ1n) is 12.0. The number of halogens is 2. The first-order chi connectivity index (χ1) is 17.7. The summed E-state index contributed by atoms with van der Waals surface area (Å²) < 4.78 is 27.4. The number of carbonyl (C=O) groups excluding carboxylic acids is 3. The second kappa shape index (κ2) is 11.6. The van der Waals surface area contributed by atoms with E-state index in [1.807, 2.05) is 6.92 Å².